The molecule has 0 aliphatic heterocycles. The zero-order valence-corrected chi connectivity index (χ0v) is 16.4. The van der Waals surface area contributed by atoms with Crippen LogP contribution in [-0.4, -0.2) is 29.9 Å². The topological polar surface area (TPSA) is 70.5 Å². The summed E-state index contributed by atoms with van der Waals surface area (Å²) in [7, 11) is 1.56. The maximum Gasteiger partial charge on any atom is 0.344 e. The molecule has 0 spiro atoms. The molecule has 138 valence electrons. The lowest BCUT2D eigenvalue weighted by Crippen LogP contribution is -2.10. The van der Waals surface area contributed by atoms with Crippen LogP contribution < -0.4 is 14.2 Å². The van der Waals surface area contributed by atoms with Crippen LogP contribution in [0.15, 0.2) is 59.1 Å². The summed E-state index contributed by atoms with van der Waals surface area (Å²) in [5, 5.41) is 8.09. The zero-order valence-electron chi connectivity index (χ0n) is 14.8. The molecule has 0 amide bonds. The minimum atomic E-state index is -0.526. The standard InChI is InChI=1S/C20H17BrN2O4/c1-3-26-15-7-4-13(5-8-15)17-9-11-19(23-22-17)27-20(24)14-6-10-18(25-2)16(21)12-14/h4-12H,3H2,1-2H3. The fourth-order valence-electron chi connectivity index (χ4n) is 2.36. The van der Waals surface area contributed by atoms with Gasteiger partial charge in [-0.15, -0.1) is 10.2 Å². The number of hydrogen-bond acceptors (Lipinski definition) is 6. The van der Waals surface area contributed by atoms with Crippen LogP contribution in [0.5, 0.6) is 17.4 Å². The van der Waals surface area contributed by atoms with E-state index in [-0.39, 0.29) is 5.88 Å². The predicted octanol–water partition coefficient (Wildman–Crippen LogP) is 4.53. The molecule has 0 aliphatic carbocycles. The Hall–Kier alpha value is -2.93. The highest BCUT2D eigenvalue weighted by molar-refractivity contribution is 9.10. The van der Waals surface area contributed by atoms with E-state index in [1.165, 1.54) is 0 Å². The molecule has 0 saturated carbocycles. The summed E-state index contributed by atoms with van der Waals surface area (Å²) in [5.41, 5.74) is 1.94. The van der Waals surface area contributed by atoms with Crippen LogP contribution >= 0.6 is 15.9 Å². The van der Waals surface area contributed by atoms with Crippen LogP contribution in [0, 0.1) is 0 Å². The van der Waals surface area contributed by atoms with Gasteiger partial charge in [0, 0.05) is 11.6 Å². The Morgan fingerprint density at radius 3 is 2.41 bits per heavy atom. The van der Waals surface area contributed by atoms with Crippen molar-refractivity contribution >= 4 is 21.9 Å². The Labute approximate surface area is 165 Å². The quantitative estimate of drug-likeness (QED) is 0.537. The maximum absolute atomic E-state index is 12.3. The van der Waals surface area contributed by atoms with Crippen molar-refractivity contribution in [2.45, 2.75) is 6.92 Å². The summed E-state index contributed by atoms with van der Waals surface area (Å²) in [6.45, 7) is 2.55. The summed E-state index contributed by atoms with van der Waals surface area (Å²) >= 11 is 3.34. The highest BCUT2D eigenvalue weighted by Crippen LogP contribution is 2.26. The summed E-state index contributed by atoms with van der Waals surface area (Å²) < 4.78 is 16.5. The van der Waals surface area contributed by atoms with Crippen molar-refractivity contribution in [3.05, 3.63) is 64.6 Å². The van der Waals surface area contributed by atoms with Crippen molar-refractivity contribution in [2.75, 3.05) is 13.7 Å². The van der Waals surface area contributed by atoms with E-state index in [1.807, 2.05) is 31.2 Å². The van der Waals surface area contributed by atoms with Gasteiger partial charge in [-0.05, 0) is 71.4 Å². The number of hydrogen-bond donors (Lipinski definition) is 0. The number of rotatable bonds is 6. The summed E-state index contributed by atoms with van der Waals surface area (Å²) in [4.78, 5) is 12.3. The fraction of sp³-hybridized carbons (Fsp3) is 0.150. The molecule has 2 aromatic carbocycles. The Morgan fingerprint density at radius 2 is 1.81 bits per heavy atom. The van der Waals surface area contributed by atoms with Crippen LogP contribution in [0.1, 0.15) is 17.3 Å². The van der Waals surface area contributed by atoms with E-state index in [0.717, 1.165) is 11.3 Å². The van der Waals surface area contributed by atoms with E-state index in [1.54, 1.807) is 37.4 Å². The van der Waals surface area contributed by atoms with Crippen molar-refractivity contribution in [3.8, 4) is 28.6 Å². The van der Waals surface area contributed by atoms with Gasteiger partial charge >= 0.3 is 5.97 Å². The van der Waals surface area contributed by atoms with E-state index in [9.17, 15) is 4.79 Å². The molecule has 0 fully saturated rings. The van der Waals surface area contributed by atoms with Gasteiger partial charge in [0.15, 0.2) is 0 Å². The van der Waals surface area contributed by atoms with Crippen molar-refractivity contribution in [1.29, 1.82) is 0 Å². The van der Waals surface area contributed by atoms with E-state index in [0.29, 0.717) is 28.1 Å². The van der Waals surface area contributed by atoms with Gasteiger partial charge in [0.25, 0.3) is 0 Å². The highest BCUT2D eigenvalue weighted by atomic mass is 79.9. The largest absolute Gasteiger partial charge is 0.496 e. The first kappa shape index (κ1) is 18.8. The first-order valence-electron chi connectivity index (χ1n) is 8.23. The van der Waals surface area contributed by atoms with Crippen molar-refractivity contribution < 1.29 is 19.0 Å². The summed E-state index contributed by atoms with van der Waals surface area (Å²) in [6, 6.07) is 15.8. The molecule has 27 heavy (non-hydrogen) atoms. The lowest BCUT2D eigenvalue weighted by atomic mass is 10.1. The molecule has 1 heterocycles. The number of benzene rings is 2. The lowest BCUT2D eigenvalue weighted by Gasteiger charge is -2.07. The molecule has 0 atom stereocenters. The van der Waals surface area contributed by atoms with Gasteiger partial charge in [0.1, 0.15) is 11.5 Å². The molecule has 0 bridgehead atoms. The van der Waals surface area contributed by atoms with Gasteiger partial charge in [0.2, 0.25) is 5.88 Å². The lowest BCUT2D eigenvalue weighted by molar-refractivity contribution is 0.0725. The predicted molar refractivity (Wildman–Crippen MR) is 104 cm³/mol. The number of carbonyl (C=O) groups is 1. The second kappa shape index (κ2) is 8.64. The van der Waals surface area contributed by atoms with Crippen LogP contribution in [0.25, 0.3) is 11.3 Å². The Morgan fingerprint density at radius 1 is 1.04 bits per heavy atom. The van der Waals surface area contributed by atoms with E-state index < -0.39 is 5.97 Å². The third-order valence-corrected chi connectivity index (χ3v) is 4.31. The number of carbonyl (C=O) groups excluding carboxylic acids is 1. The van der Waals surface area contributed by atoms with E-state index >= 15 is 0 Å². The third-order valence-electron chi connectivity index (χ3n) is 3.69. The summed E-state index contributed by atoms with van der Waals surface area (Å²) in [5.74, 6) is 1.03. The number of halogens is 1. The second-order valence-corrected chi connectivity index (χ2v) is 6.31. The van der Waals surface area contributed by atoms with Crippen LogP contribution in [0.3, 0.4) is 0 Å². The van der Waals surface area contributed by atoms with Gasteiger partial charge in [0.05, 0.1) is 29.4 Å². The molecule has 6 nitrogen and oxygen atoms in total. The third kappa shape index (κ3) is 4.62. The minimum absolute atomic E-state index is 0.127. The van der Waals surface area contributed by atoms with Gasteiger partial charge in [-0.3, -0.25) is 0 Å². The zero-order chi connectivity index (χ0) is 19.2. The van der Waals surface area contributed by atoms with E-state index in [2.05, 4.69) is 26.1 Å². The fourth-order valence-corrected chi connectivity index (χ4v) is 2.90. The smallest absolute Gasteiger partial charge is 0.344 e. The molecule has 0 unspecified atom stereocenters. The Bertz CT molecular complexity index is 928. The molecule has 0 aliphatic rings. The molecular weight excluding hydrogens is 412 g/mol. The minimum Gasteiger partial charge on any atom is -0.496 e. The number of methoxy groups -OCH3 is 1. The molecule has 3 rings (SSSR count). The van der Waals surface area contributed by atoms with Gasteiger partial charge in [-0.1, -0.05) is 0 Å². The highest BCUT2D eigenvalue weighted by Gasteiger charge is 2.12. The summed E-state index contributed by atoms with van der Waals surface area (Å²) in [6.07, 6.45) is 0. The SMILES string of the molecule is CCOc1ccc(-c2ccc(OC(=O)c3ccc(OC)c(Br)c3)nn2)cc1. The number of esters is 1. The molecular formula is C20H17BrN2O4. The number of ether oxygens (including phenoxy) is 3. The van der Waals surface area contributed by atoms with Gasteiger partial charge in [-0.25, -0.2) is 4.79 Å². The Balaban J connectivity index is 1.70. The first-order chi connectivity index (χ1) is 13.1. The van der Waals surface area contributed by atoms with Crippen LogP contribution in [0.4, 0.5) is 0 Å². The number of nitrogens with zero attached hydrogens (tertiary/aromatic N) is 2. The van der Waals surface area contributed by atoms with Crippen LogP contribution in [-0.2, 0) is 0 Å². The van der Waals surface area contributed by atoms with Gasteiger partial charge < -0.3 is 14.2 Å². The molecule has 0 saturated heterocycles. The van der Waals surface area contributed by atoms with Crippen molar-refractivity contribution in [1.82, 2.24) is 10.2 Å². The number of aromatic nitrogens is 2. The Kier molecular flexibility index (Phi) is 6.03. The average molecular weight is 429 g/mol. The van der Waals surface area contributed by atoms with Gasteiger partial charge in [-0.2, -0.15) is 0 Å². The first-order valence-corrected chi connectivity index (χ1v) is 9.02. The molecule has 0 radical (unpaired) electrons. The second-order valence-electron chi connectivity index (χ2n) is 5.45. The van der Waals surface area contributed by atoms with Crippen molar-refractivity contribution in [3.63, 3.8) is 0 Å². The monoisotopic (exact) mass is 428 g/mol. The molecule has 7 heteroatoms. The van der Waals surface area contributed by atoms with Crippen LogP contribution in [0.2, 0.25) is 0 Å². The molecule has 1 aromatic heterocycles. The van der Waals surface area contributed by atoms with Crippen molar-refractivity contribution in [2.24, 2.45) is 0 Å². The maximum atomic E-state index is 12.3. The molecule has 3 aromatic rings. The average Bonchev–Trinajstić information content (AvgIpc) is 2.69. The molecule has 0 N–H and O–H groups in total. The van der Waals surface area contributed by atoms with E-state index in [4.69, 9.17) is 14.2 Å². The normalized spacial score (nSPS) is 10.3.